The van der Waals surface area contributed by atoms with Crippen molar-refractivity contribution >= 4 is 35.3 Å². The summed E-state index contributed by atoms with van der Waals surface area (Å²) in [5.74, 6) is 1.02. The van der Waals surface area contributed by atoms with E-state index in [2.05, 4.69) is 21.6 Å². The Morgan fingerprint density at radius 2 is 1.93 bits per heavy atom. The van der Waals surface area contributed by atoms with Crippen molar-refractivity contribution in [2.75, 3.05) is 18.8 Å². The van der Waals surface area contributed by atoms with Crippen molar-refractivity contribution in [3.63, 3.8) is 0 Å². The van der Waals surface area contributed by atoms with Gasteiger partial charge in [-0.25, -0.2) is 4.79 Å². The van der Waals surface area contributed by atoms with Crippen LogP contribution in [0.2, 0.25) is 5.02 Å². The first-order valence-corrected chi connectivity index (χ1v) is 10.4. The number of aromatic nitrogens is 3. The highest BCUT2D eigenvalue weighted by molar-refractivity contribution is 7.99. The Bertz CT molecular complexity index is 1050. The lowest BCUT2D eigenvalue weighted by molar-refractivity contribution is -0.124. The summed E-state index contributed by atoms with van der Waals surface area (Å²) in [5.41, 5.74) is 2.96. The number of nitrogens with zero attached hydrogens (tertiary/aromatic N) is 4. The van der Waals surface area contributed by atoms with Gasteiger partial charge in [-0.15, -0.1) is 10.2 Å². The molecule has 0 saturated carbocycles. The Kier molecular flexibility index (Phi) is 5.55. The lowest BCUT2D eigenvalue weighted by Crippen LogP contribution is -2.32. The van der Waals surface area contributed by atoms with E-state index < -0.39 is 0 Å². The van der Waals surface area contributed by atoms with Gasteiger partial charge in [0.2, 0.25) is 5.91 Å². The fourth-order valence-electron chi connectivity index (χ4n) is 3.07. The van der Waals surface area contributed by atoms with Gasteiger partial charge < -0.3 is 5.32 Å². The number of carbonyl (C=O) groups is 2. The van der Waals surface area contributed by atoms with E-state index in [4.69, 9.17) is 11.6 Å². The molecule has 2 aromatic carbocycles. The Morgan fingerprint density at radius 3 is 2.62 bits per heavy atom. The summed E-state index contributed by atoms with van der Waals surface area (Å²) < 4.78 is 1.96. The van der Waals surface area contributed by atoms with Crippen molar-refractivity contribution in [3.8, 4) is 17.1 Å². The van der Waals surface area contributed by atoms with Crippen LogP contribution in [-0.2, 0) is 4.79 Å². The number of thioether (sulfide) groups is 1. The Hall–Kier alpha value is -2.84. The minimum Gasteiger partial charge on any atom is -0.329 e. The standard InChI is InChI=1S/C20H18ClN5O2S/c1-13-3-2-4-14(11-13)18-23-24-20(26(18)16-7-5-15(21)6-8-16)29-10-9-25-17(27)12-22-19(25)28/h2-8,11H,9-10,12H2,1H3,(H,22,28). The summed E-state index contributed by atoms with van der Waals surface area (Å²) in [4.78, 5) is 24.7. The molecule has 1 fully saturated rings. The quantitative estimate of drug-likeness (QED) is 0.480. The molecule has 1 aliphatic rings. The van der Waals surface area contributed by atoms with Crippen molar-refractivity contribution in [3.05, 3.63) is 59.1 Å². The van der Waals surface area contributed by atoms with Gasteiger partial charge in [0.05, 0.1) is 6.54 Å². The van der Waals surface area contributed by atoms with Gasteiger partial charge in [0.1, 0.15) is 0 Å². The van der Waals surface area contributed by atoms with Gasteiger partial charge in [0, 0.05) is 28.6 Å². The van der Waals surface area contributed by atoms with Crippen molar-refractivity contribution in [1.82, 2.24) is 25.0 Å². The molecule has 3 amide bonds. The zero-order valence-electron chi connectivity index (χ0n) is 15.6. The molecule has 9 heteroatoms. The van der Waals surface area contributed by atoms with Crippen LogP contribution in [0.4, 0.5) is 4.79 Å². The third kappa shape index (κ3) is 4.13. The third-order valence-corrected chi connectivity index (χ3v) is 5.64. The number of amides is 3. The number of rotatable bonds is 6. The zero-order chi connectivity index (χ0) is 20.4. The molecule has 1 aromatic heterocycles. The monoisotopic (exact) mass is 427 g/mol. The van der Waals surface area contributed by atoms with Crippen LogP contribution in [0.1, 0.15) is 5.56 Å². The third-order valence-electron chi connectivity index (χ3n) is 4.48. The Balaban J connectivity index is 1.64. The van der Waals surface area contributed by atoms with Crippen LogP contribution < -0.4 is 5.32 Å². The number of nitrogens with one attached hydrogen (secondary N) is 1. The van der Waals surface area contributed by atoms with Gasteiger partial charge in [-0.3, -0.25) is 14.3 Å². The molecule has 29 heavy (non-hydrogen) atoms. The number of benzene rings is 2. The molecule has 7 nitrogen and oxygen atoms in total. The average Bonchev–Trinajstić information content (AvgIpc) is 3.27. The summed E-state index contributed by atoms with van der Waals surface area (Å²) in [5, 5.41) is 12.6. The van der Waals surface area contributed by atoms with Crippen molar-refractivity contribution in [1.29, 1.82) is 0 Å². The van der Waals surface area contributed by atoms with Crippen molar-refractivity contribution in [2.24, 2.45) is 0 Å². The minimum absolute atomic E-state index is 0.0575. The first kappa shape index (κ1) is 19.5. The van der Waals surface area contributed by atoms with Crippen LogP contribution in [0, 0.1) is 6.92 Å². The van der Waals surface area contributed by atoms with E-state index in [1.165, 1.54) is 16.7 Å². The van der Waals surface area contributed by atoms with Gasteiger partial charge in [-0.05, 0) is 37.3 Å². The molecule has 0 radical (unpaired) electrons. The predicted molar refractivity (Wildman–Crippen MR) is 112 cm³/mol. The van der Waals surface area contributed by atoms with Crippen LogP contribution in [-0.4, -0.2) is 50.4 Å². The minimum atomic E-state index is -0.352. The van der Waals surface area contributed by atoms with Gasteiger partial charge in [0.25, 0.3) is 0 Å². The van der Waals surface area contributed by atoms with E-state index in [0.717, 1.165) is 16.8 Å². The molecule has 0 atom stereocenters. The molecule has 148 valence electrons. The molecule has 1 N–H and O–H groups in total. The molecule has 2 heterocycles. The first-order chi connectivity index (χ1) is 14.0. The van der Waals surface area contributed by atoms with Gasteiger partial charge in [-0.1, -0.05) is 47.1 Å². The predicted octanol–water partition coefficient (Wildman–Crippen LogP) is 3.54. The highest BCUT2D eigenvalue weighted by Crippen LogP contribution is 2.29. The molecule has 0 unspecified atom stereocenters. The maximum Gasteiger partial charge on any atom is 0.324 e. The number of urea groups is 1. The van der Waals surface area contributed by atoms with Crippen LogP contribution in [0.5, 0.6) is 0 Å². The lowest BCUT2D eigenvalue weighted by Gasteiger charge is -2.13. The summed E-state index contributed by atoms with van der Waals surface area (Å²) in [7, 11) is 0. The number of halogens is 1. The maximum absolute atomic E-state index is 11.8. The summed E-state index contributed by atoms with van der Waals surface area (Å²) in [6.45, 7) is 2.39. The number of imide groups is 1. The maximum atomic E-state index is 11.8. The highest BCUT2D eigenvalue weighted by Gasteiger charge is 2.28. The number of aryl methyl sites for hydroxylation is 1. The molecular weight excluding hydrogens is 410 g/mol. The number of hydrogen-bond donors (Lipinski definition) is 1. The molecule has 0 bridgehead atoms. The van der Waals surface area contributed by atoms with E-state index in [9.17, 15) is 9.59 Å². The summed E-state index contributed by atoms with van der Waals surface area (Å²) in [6.07, 6.45) is 0. The second-order valence-electron chi connectivity index (χ2n) is 6.54. The molecule has 3 aromatic rings. The lowest BCUT2D eigenvalue weighted by atomic mass is 10.1. The SMILES string of the molecule is Cc1cccc(-c2nnc(SCCN3C(=O)CNC3=O)n2-c2ccc(Cl)cc2)c1. The Labute approximate surface area is 177 Å². The molecule has 0 aliphatic carbocycles. The zero-order valence-corrected chi connectivity index (χ0v) is 17.2. The number of carbonyl (C=O) groups excluding carboxylic acids is 2. The second kappa shape index (κ2) is 8.26. The number of hydrogen-bond acceptors (Lipinski definition) is 5. The molecule has 4 rings (SSSR count). The van der Waals surface area contributed by atoms with Crippen LogP contribution in [0.25, 0.3) is 17.1 Å². The second-order valence-corrected chi connectivity index (χ2v) is 8.04. The van der Waals surface area contributed by atoms with Crippen LogP contribution >= 0.6 is 23.4 Å². The molecule has 0 spiro atoms. The van der Waals surface area contributed by atoms with Gasteiger partial charge >= 0.3 is 6.03 Å². The largest absolute Gasteiger partial charge is 0.329 e. The topological polar surface area (TPSA) is 80.1 Å². The summed E-state index contributed by atoms with van der Waals surface area (Å²) in [6, 6.07) is 15.2. The van der Waals surface area contributed by atoms with E-state index in [-0.39, 0.29) is 18.5 Å². The fourth-order valence-corrected chi connectivity index (χ4v) is 4.07. The molecule has 1 saturated heterocycles. The van der Waals surface area contributed by atoms with Crippen LogP contribution in [0.3, 0.4) is 0 Å². The smallest absolute Gasteiger partial charge is 0.324 e. The highest BCUT2D eigenvalue weighted by atomic mass is 35.5. The van der Waals surface area contributed by atoms with E-state index in [1.807, 2.05) is 54.0 Å². The van der Waals surface area contributed by atoms with E-state index >= 15 is 0 Å². The summed E-state index contributed by atoms with van der Waals surface area (Å²) >= 11 is 7.49. The normalized spacial score (nSPS) is 13.8. The van der Waals surface area contributed by atoms with Gasteiger partial charge in [-0.2, -0.15) is 0 Å². The van der Waals surface area contributed by atoms with Gasteiger partial charge in [0.15, 0.2) is 11.0 Å². The first-order valence-electron chi connectivity index (χ1n) is 9.02. The molecular formula is C20H18ClN5O2S. The van der Waals surface area contributed by atoms with Crippen molar-refractivity contribution < 1.29 is 9.59 Å². The van der Waals surface area contributed by atoms with Crippen LogP contribution in [0.15, 0.2) is 53.7 Å². The Morgan fingerprint density at radius 1 is 1.14 bits per heavy atom. The average molecular weight is 428 g/mol. The van der Waals surface area contributed by atoms with Crippen molar-refractivity contribution in [2.45, 2.75) is 12.1 Å². The van der Waals surface area contributed by atoms with E-state index in [1.54, 1.807) is 0 Å². The fraction of sp³-hybridized carbons (Fsp3) is 0.200. The van der Waals surface area contributed by atoms with E-state index in [0.29, 0.717) is 28.3 Å². The molecule has 1 aliphatic heterocycles.